The van der Waals surface area contributed by atoms with Gasteiger partial charge in [-0.05, 0) is 78.4 Å². The molecule has 5 rings (SSSR count). The van der Waals surface area contributed by atoms with Crippen LogP contribution in [0.4, 0.5) is 34.8 Å². The van der Waals surface area contributed by atoms with Gasteiger partial charge in [0.25, 0.3) is 5.89 Å². The van der Waals surface area contributed by atoms with Crippen molar-refractivity contribution in [1.82, 2.24) is 20.4 Å². The van der Waals surface area contributed by atoms with E-state index in [1.807, 2.05) is 0 Å². The van der Waals surface area contributed by atoms with E-state index in [0.717, 1.165) is 5.56 Å². The summed E-state index contributed by atoms with van der Waals surface area (Å²) in [7, 11) is 0. The van der Waals surface area contributed by atoms with Crippen LogP contribution in [0, 0.1) is 5.82 Å². The number of ether oxygens (including phenoxy) is 1. The summed E-state index contributed by atoms with van der Waals surface area (Å²) >= 11 is 0. The fraction of sp³-hybridized carbons (Fsp3) is 0.103. The van der Waals surface area contributed by atoms with Crippen LogP contribution in [0.1, 0.15) is 5.56 Å². The van der Waals surface area contributed by atoms with Crippen LogP contribution in [0.5, 0.6) is 5.75 Å². The molecular formula is C29H22F4N6O3. The number of amides is 1. The van der Waals surface area contributed by atoms with Crippen molar-refractivity contribution in [3.8, 4) is 28.6 Å². The Morgan fingerprint density at radius 3 is 2.31 bits per heavy atom. The third-order valence-electron chi connectivity index (χ3n) is 5.75. The summed E-state index contributed by atoms with van der Waals surface area (Å²) in [4.78, 5) is 20.9. The Balaban J connectivity index is 1.16. The van der Waals surface area contributed by atoms with Crippen molar-refractivity contribution in [1.29, 1.82) is 0 Å². The maximum Gasteiger partial charge on any atom is 0.573 e. The van der Waals surface area contributed by atoms with Gasteiger partial charge in [-0.2, -0.15) is 4.98 Å². The zero-order valence-electron chi connectivity index (χ0n) is 21.7. The molecule has 9 nitrogen and oxygen atoms in total. The van der Waals surface area contributed by atoms with Gasteiger partial charge in [0, 0.05) is 35.2 Å². The predicted octanol–water partition coefficient (Wildman–Crippen LogP) is 6.31. The van der Waals surface area contributed by atoms with E-state index in [0.29, 0.717) is 40.7 Å². The zero-order chi connectivity index (χ0) is 29.5. The van der Waals surface area contributed by atoms with Gasteiger partial charge in [-0.15, -0.1) is 13.2 Å². The van der Waals surface area contributed by atoms with E-state index < -0.39 is 6.36 Å². The van der Waals surface area contributed by atoms with Crippen molar-refractivity contribution < 1.29 is 31.6 Å². The van der Waals surface area contributed by atoms with Crippen LogP contribution in [-0.4, -0.2) is 33.9 Å². The fourth-order valence-electron chi connectivity index (χ4n) is 3.81. The number of carbonyl (C=O) groups is 1. The van der Waals surface area contributed by atoms with Gasteiger partial charge >= 0.3 is 6.36 Å². The lowest BCUT2D eigenvalue weighted by molar-refractivity contribution is -0.274. The summed E-state index contributed by atoms with van der Waals surface area (Å²) in [5.41, 5.74) is 3.17. The third-order valence-corrected chi connectivity index (χ3v) is 5.75. The lowest BCUT2D eigenvalue weighted by Crippen LogP contribution is -2.27. The number of aromatic nitrogens is 3. The minimum Gasteiger partial charge on any atom is -0.406 e. The molecule has 0 unspecified atom stereocenters. The number of pyridine rings is 1. The average molecular weight is 579 g/mol. The molecule has 0 aliphatic rings. The Morgan fingerprint density at radius 1 is 0.881 bits per heavy atom. The number of nitrogens with zero attached hydrogens (tertiary/aromatic N) is 3. The Bertz CT molecular complexity index is 1640. The lowest BCUT2D eigenvalue weighted by Gasteiger charge is -2.10. The number of halogens is 4. The van der Waals surface area contributed by atoms with Gasteiger partial charge in [-0.1, -0.05) is 17.3 Å². The van der Waals surface area contributed by atoms with E-state index in [9.17, 15) is 22.4 Å². The van der Waals surface area contributed by atoms with Crippen molar-refractivity contribution in [3.63, 3.8) is 0 Å². The molecule has 0 saturated heterocycles. The second-order valence-corrected chi connectivity index (χ2v) is 8.91. The van der Waals surface area contributed by atoms with Crippen molar-refractivity contribution >= 4 is 23.1 Å². The highest BCUT2D eigenvalue weighted by molar-refractivity contribution is 5.92. The molecule has 1 amide bonds. The van der Waals surface area contributed by atoms with Crippen molar-refractivity contribution in [3.05, 3.63) is 103 Å². The quantitative estimate of drug-likeness (QED) is 0.165. The number of hydrogen-bond acceptors (Lipinski definition) is 8. The number of nitrogens with one attached hydrogen (secondary N) is 3. The minimum absolute atomic E-state index is 0.0761. The van der Waals surface area contributed by atoms with Gasteiger partial charge in [-0.25, -0.2) is 9.37 Å². The third kappa shape index (κ3) is 7.88. The zero-order valence-corrected chi connectivity index (χ0v) is 21.7. The second-order valence-electron chi connectivity index (χ2n) is 8.91. The largest absolute Gasteiger partial charge is 0.573 e. The molecule has 3 aromatic carbocycles. The molecule has 42 heavy (non-hydrogen) atoms. The molecule has 0 radical (unpaired) electrons. The van der Waals surface area contributed by atoms with Crippen molar-refractivity contribution in [2.45, 2.75) is 12.9 Å². The Hall–Kier alpha value is -5.30. The van der Waals surface area contributed by atoms with E-state index in [4.69, 9.17) is 4.52 Å². The average Bonchev–Trinajstić information content (AvgIpc) is 3.46. The standard InChI is InChI=1S/C29H22F4N6O3/c30-21-5-1-18(2-6-21)16-34-17-26(40)37-23-7-3-19(4-8-23)28-38-27(39-42-28)20-13-14-35-25(15-20)36-22-9-11-24(12-10-22)41-29(31,32)33/h1-15,34H,16-17H2,(H,35,36)(H,37,40). The summed E-state index contributed by atoms with van der Waals surface area (Å²) in [5.74, 6) is 0.0851. The highest BCUT2D eigenvalue weighted by Crippen LogP contribution is 2.27. The maximum absolute atomic E-state index is 13.0. The summed E-state index contributed by atoms with van der Waals surface area (Å²) in [6.07, 6.45) is -3.24. The molecule has 5 aromatic rings. The monoisotopic (exact) mass is 578 g/mol. The molecular weight excluding hydrogens is 556 g/mol. The molecule has 2 heterocycles. The van der Waals surface area contributed by atoms with Crippen LogP contribution in [0.2, 0.25) is 0 Å². The molecule has 0 fully saturated rings. The van der Waals surface area contributed by atoms with E-state index in [1.54, 1.807) is 48.5 Å². The molecule has 0 spiro atoms. The number of rotatable bonds is 10. The lowest BCUT2D eigenvalue weighted by atomic mass is 10.2. The first-order valence-corrected chi connectivity index (χ1v) is 12.5. The molecule has 214 valence electrons. The van der Waals surface area contributed by atoms with Crippen molar-refractivity contribution in [2.75, 3.05) is 17.2 Å². The van der Waals surface area contributed by atoms with E-state index in [1.165, 1.54) is 42.6 Å². The fourth-order valence-corrected chi connectivity index (χ4v) is 3.81. The van der Waals surface area contributed by atoms with Gasteiger partial charge in [-0.3, -0.25) is 4.79 Å². The number of benzene rings is 3. The first kappa shape index (κ1) is 28.2. The molecule has 0 aliphatic carbocycles. The summed E-state index contributed by atoms with van der Waals surface area (Å²) < 4.78 is 59.4. The van der Waals surface area contributed by atoms with Crippen LogP contribution < -0.4 is 20.7 Å². The van der Waals surface area contributed by atoms with Gasteiger partial charge in [0.1, 0.15) is 17.4 Å². The van der Waals surface area contributed by atoms with Gasteiger partial charge in [0.2, 0.25) is 11.7 Å². The topological polar surface area (TPSA) is 114 Å². The Labute approximate surface area is 236 Å². The van der Waals surface area contributed by atoms with Gasteiger partial charge < -0.3 is 25.2 Å². The molecule has 0 bridgehead atoms. The summed E-state index contributed by atoms with van der Waals surface area (Å²) in [6, 6.07) is 21.5. The Kier molecular flexibility index (Phi) is 8.39. The van der Waals surface area contributed by atoms with E-state index >= 15 is 0 Å². The molecule has 0 atom stereocenters. The summed E-state index contributed by atoms with van der Waals surface area (Å²) in [5, 5.41) is 12.8. The molecule has 0 aliphatic heterocycles. The highest BCUT2D eigenvalue weighted by Gasteiger charge is 2.31. The van der Waals surface area contributed by atoms with Crippen LogP contribution >= 0.6 is 0 Å². The van der Waals surface area contributed by atoms with Gasteiger partial charge in [0.05, 0.1) is 6.54 Å². The van der Waals surface area contributed by atoms with E-state index in [-0.39, 0.29) is 29.9 Å². The van der Waals surface area contributed by atoms with Gasteiger partial charge in [0.15, 0.2) is 0 Å². The first-order chi connectivity index (χ1) is 20.2. The molecule has 0 saturated carbocycles. The number of alkyl halides is 3. The van der Waals surface area contributed by atoms with Crippen LogP contribution in [0.25, 0.3) is 22.8 Å². The van der Waals surface area contributed by atoms with Crippen molar-refractivity contribution in [2.24, 2.45) is 0 Å². The van der Waals surface area contributed by atoms with Crippen LogP contribution in [0.3, 0.4) is 0 Å². The first-order valence-electron chi connectivity index (χ1n) is 12.5. The number of carbonyl (C=O) groups excluding carboxylic acids is 1. The smallest absolute Gasteiger partial charge is 0.406 e. The normalized spacial score (nSPS) is 11.2. The Morgan fingerprint density at radius 2 is 1.60 bits per heavy atom. The highest BCUT2D eigenvalue weighted by atomic mass is 19.4. The van der Waals surface area contributed by atoms with E-state index in [2.05, 4.69) is 35.8 Å². The second kappa shape index (κ2) is 12.5. The number of anilines is 3. The minimum atomic E-state index is -4.77. The van der Waals surface area contributed by atoms with Crippen LogP contribution in [0.15, 0.2) is 95.6 Å². The molecule has 13 heteroatoms. The summed E-state index contributed by atoms with van der Waals surface area (Å²) in [6.45, 7) is 0.502. The maximum atomic E-state index is 13.0. The number of hydrogen-bond donors (Lipinski definition) is 3. The molecule has 3 N–H and O–H groups in total. The SMILES string of the molecule is O=C(CNCc1ccc(F)cc1)Nc1ccc(-c2nc(-c3ccnc(Nc4ccc(OC(F)(F)F)cc4)c3)no2)cc1. The molecule has 2 aromatic heterocycles. The predicted molar refractivity (Wildman–Crippen MR) is 146 cm³/mol. The van der Waals surface area contributed by atoms with Crippen LogP contribution in [-0.2, 0) is 11.3 Å².